The highest BCUT2D eigenvalue weighted by atomic mass is 35.5. The van der Waals surface area contributed by atoms with E-state index >= 15 is 0 Å². The minimum atomic E-state index is -0.728. The topological polar surface area (TPSA) is 118 Å². The molecule has 1 heterocycles. The highest BCUT2D eigenvalue weighted by Gasteiger charge is 2.27. The van der Waals surface area contributed by atoms with Crippen molar-refractivity contribution in [3.63, 3.8) is 0 Å². The molecule has 1 saturated heterocycles. The van der Waals surface area contributed by atoms with Gasteiger partial charge in [-0.1, -0.05) is 17.7 Å². The van der Waals surface area contributed by atoms with E-state index in [1.54, 1.807) is 13.0 Å². The maximum absolute atomic E-state index is 11.8. The van der Waals surface area contributed by atoms with Gasteiger partial charge in [0.2, 0.25) is 5.91 Å². The first-order valence-corrected chi connectivity index (χ1v) is 8.32. The molecule has 0 saturated carbocycles. The van der Waals surface area contributed by atoms with Gasteiger partial charge in [0.25, 0.3) is 0 Å². The second-order valence-electron chi connectivity index (χ2n) is 5.65. The predicted molar refractivity (Wildman–Crippen MR) is 96.2 cm³/mol. The van der Waals surface area contributed by atoms with E-state index < -0.39 is 6.29 Å². The van der Waals surface area contributed by atoms with Crippen LogP contribution in [0.15, 0.2) is 23.2 Å². The molecule has 5 N–H and O–H groups in total. The number of aryl methyl sites for hydroxylation is 1. The van der Waals surface area contributed by atoms with Crippen molar-refractivity contribution in [2.24, 2.45) is 10.7 Å². The molecular weight excluding hydrogens is 346 g/mol. The number of benzene rings is 1. The highest BCUT2D eigenvalue weighted by molar-refractivity contribution is 6.31. The first-order valence-electron chi connectivity index (χ1n) is 7.95. The Labute approximate surface area is 151 Å². The summed E-state index contributed by atoms with van der Waals surface area (Å²) in [6, 6.07) is 5.05. The number of halogens is 1. The summed E-state index contributed by atoms with van der Waals surface area (Å²) in [7, 11) is 0. The molecule has 2 atom stereocenters. The summed E-state index contributed by atoms with van der Waals surface area (Å²) in [6.45, 7) is 3.93. The third-order valence-corrected chi connectivity index (χ3v) is 3.96. The lowest BCUT2D eigenvalue weighted by molar-refractivity contribution is -0.144. The van der Waals surface area contributed by atoms with Crippen LogP contribution in [0.1, 0.15) is 25.3 Å². The number of rotatable bonds is 5. The average molecular weight is 368 g/mol. The maximum Gasteiger partial charge on any atom is 0.307 e. The second-order valence-corrected chi connectivity index (χ2v) is 6.06. The second kappa shape index (κ2) is 8.68. The Kier molecular flexibility index (Phi) is 6.60. The molecule has 1 fully saturated rings. The van der Waals surface area contributed by atoms with Crippen LogP contribution in [-0.4, -0.2) is 36.8 Å². The van der Waals surface area contributed by atoms with Gasteiger partial charge in [0.15, 0.2) is 12.2 Å². The lowest BCUT2D eigenvalue weighted by Gasteiger charge is -2.28. The molecule has 136 valence electrons. The summed E-state index contributed by atoms with van der Waals surface area (Å²) in [5.41, 5.74) is 7.51. The molecule has 1 amide bonds. The predicted octanol–water partition coefficient (Wildman–Crippen LogP) is 1.09. The summed E-state index contributed by atoms with van der Waals surface area (Å²) in [6.07, 6.45) is -0.464. The molecule has 0 aliphatic carbocycles. The van der Waals surface area contributed by atoms with Crippen molar-refractivity contribution < 1.29 is 14.3 Å². The SMILES string of the molecule is CCOC(=O)CC1CC(=O)NC(/N=C(\N)Nc2ccc(C)c(Cl)c2)N1. The van der Waals surface area contributed by atoms with Gasteiger partial charge in [0.1, 0.15) is 0 Å². The maximum atomic E-state index is 11.8. The monoisotopic (exact) mass is 367 g/mol. The molecular formula is C16H22ClN5O3. The summed E-state index contributed by atoms with van der Waals surface area (Å²) in [5, 5.41) is 9.21. The van der Waals surface area contributed by atoms with Crippen LogP contribution in [0.2, 0.25) is 5.02 Å². The molecule has 1 aromatic carbocycles. The number of carbonyl (C=O) groups excluding carboxylic acids is 2. The van der Waals surface area contributed by atoms with Gasteiger partial charge in [-0.2, -0.15) is 0 Å². The standard InChI is InChI=1S/C16H22ClN5O3/c1-3-25-14(24)8-11-7-13(23)21-16(20-11)22-15(18)19-10-5-4-9(2)12(17)6-10/h4-6,11,16,20H,3,7-8H2,1-2H3,(H,21,23)(H3,18,19,22). The molecule has 1 aliphatic heterocycles. The molecule has 2 unspecified atom stereocenters. The number of aliphatic imine (C=N–C) groups is 1. The van der Waals surface area contributed by atoms with E-state index in [1.165, 1.54) is 0 Å². The number of anilines is 1. The van der Waals surface area contributed by atoms with Gasteiger partial charge in [0, 0.05) is 23.2 Å². The summed E-state index contributed by atoms with van der Waals surface area (Å²) in [4.78, 5) is 27.5. The first kappa shape index (κ1) is 19.0. The number of nitrogens with two attached hydrogens (primary N) is 1. The van der Waals surface area contributed by atoms with Crippen molar-refractivity contribution in [3.05, 3.63) is 28.8 Å². The van der Waals surface area contributed by atoms with Gasteiger partial charge in [-0.3, -0.25) is 14.9 Å². The quantitative estimate of drug-likeness (QED) is 0.351. The molecule has 0 spiro atoms. The molecule has 25 heavy (non-hydrogen) atoms. The molecule has 2 rings (SSSR count). The average Bonchev–Trinajstić information content (AvgIpc) is 2.50. The van der Waals surface area contributed by atoms with Crippen molar-refractivity contribution in [3.8, 4) is 0 Å². The number of nitrogens with one attached hydrogen (secondary N) is 3. The molecule has 8 nitrogen and oxygen atoms in total. The Balaban J connectivity index is 1.98. The van der Waals surface area contributed by atoms with E-state index in [-0.39, 0.29) is 36.7 Å². The van der Waals surface area contributed by atoms with Crippen LogP contribution < -0.4 is 21.7 Å². The number of guanidine groups is 1. The van der Waals surface area contributed by atoms with Gasteiger partial charge in [-0.15, -0.1) is 0 Å². The number of amides is 1. The third-order valence-electron chi connectivity index (χ3n) is 3.55. The molecule has 0 aromatic heterocycles. The number of hydrogen-bond donors (Lipinski definition) is 4. The van der Waals surface area contributed by atoms with E-state index in [4.69, 9.17) is 22.1 Å². The first-order chi connectivity index (χ1) is 11.9. The van der Waals surface area contributed by atoms with Gasteiger partial charge < -0.3 is 21.1 Å². The number of nitrogens with zero attached hydrogens (tertiary/aromatic N) is 1. The molecule has 0 radical (unpaired) electrons. The van der Waals surface area contributed by atoms with E-state index in [1.807, 2.05) is 19.1 Å². The smallest absolute Gasteiger partial charge is 0.307 e. The lowest BCUT2D eigenvalue weighted by atomic mass is 10.1. The Morgan fingerprint density at radius 2 is 2.28 bits per heavy atom. The van der Waals surface area contributed by atoms with Crippen molar-refractivity contribution in [2.45, 2.75) is 39.0 Å². The molecule has 0 bridgehead atoms. The Morgan fingerprint density at radius 3 is 2.96 bits per heavy atom. The largest absolute Gasteiger partial charge is 0.466 e. The molecule has 1 aliphatic rings. The summed E-state index contributed by atoms with van der Waals surface area (Å²) in [5.74, 6) is -0.472. The summed E-state index contributed by atoms with van der Waals surface area (Å²) >= 11 is 6.07. The van der Waals surface area contributed by atoms with E-state index in [2.05, 4.69) is 20.9 Å². The zero-order valence-corrected chi connectivity index (χ0v) is 14.9. The van der Waals surface area contributed by atoms with Crippen LogP contribution >= 0.6 is 11.6 Å². The van der Waals surface area contributed by atoms with Gasteiger partial charge in [-0.25, -0.2) is 4.99 Å². The van der Waals surface area contributed by atoms with E-state index in [0.717, 1.165) is 5.56 Å². The number of carbonyl (C=O) groups is 2. The minimum absolute atomic E-state index is 0.0915. The molecule has 9 heteroatoms. The lowest BCUT2D eigenvalue weighted by Crippen LogP contribution is -2.56. The summed E-state index contributed by atoms with van der Waals surface area (Å²) < 4.78 is 4.90. The van der Waals surface area contributed by atoms with Crippen molar-refractivity contribution >= 4 is 35.1 Å². The van der Waals surface area contributed by atoms with E-state index in [0.29, 0.717) is 17.3 Å². The van der Waals surface area contributed by atoms with E-state index in [9.17, 15) is 9.59 Å². The van der Waals surface area contributed by atoms with Gasteiger partial charge in [-0.05, 0) is 31.5 Å². The van der Waals surface area contributed by atoms with Crippen molar-refractivity contribution in [1.82, 2.24) is 10.6 Å². The van der Waals surface area contributed by atoms with Crippen LogP contribution in [0.25, 0.3) is 0 Å². The van der Waals surface area contributed by atoms with Crippen LogP contribution in [0, 0.1) is 6.92 Å². The van der Waals surface area contributed by atoms with Crippen LogP contribution in [-0.2, 0) is 14.3 Å². The fourth-order valence-corrected chi connectivity index (χ4v) is 2.55. The van der Waals surface area contributed by atoms with Crippen LogP contribution in [0.5, 0.6) is 0 Å². The van der Waals surface area contributed by atoms with Crippen molar-refractivity contribution in [1.29, 1.82) is 0 Å². The normalized spacial score (nSPS) is 20.8. The fourth-order valence-electron chi connectivity index (χ4n) is 2.37. The fraction of sp³-hybridized carbons (Fsp3) is 0.438. The zero-order chi connectivity index (χ0) is 18.4. The van der Waals surface area contributed by atoms with Gasteiger partial charge >= 0.3 is 5.97 Å². The Morgan fingerprint density at radius 1 is 1.52 bits per heavy atom. The van der Waals surface area contributed by atoms with Crippen molar-refractivity contribution in [2.75, 3.05) is 11.9 Å². The highest BCUT2D eigenvalue weighted by Crippen LogP contribution is 2.19. The van der Waals surface area contributed by atoms with Crippen LogP contribution in [0.3, 0.4) is 0 Å². The minimum Gasteiger partial charge on any atom is -0.466 e. The molecule has 1 aromatic rings. The van der Waals surface area contributed by atoms with Crippen LogP contribution in [0.4, 0.5) is 5.69 Å². The zero-order valence-electron chi connectivity index (χ0n) is 14.1. The number of ether oxygens (including phenoxy) is 1. The third kappa shape index (κ3) is 5.91. The Hall–Kier alpha value is -2.32. The number of hydrogen-bond acceptors (Lipinski definition) is 5. The Bertz CT molecular complexity index is 680. The number of esters is 1. The van der Waals surface area contributed by atoms with Gasteiger partial charge in [0.05, 0.1) is 13.0 Å².